The molecular formula is C16H22O3. The fraction of sp³-hybridized carbons (Fsp3) is 0.625. The largest absolute Gasteiger partial charge is 0.462 e. The summed E-state index contributed by atoms with van der Waals surface area (Å²) in [6, 6.07) is 8.19. The first kappa shape index (κ1) is 12.9. The molecule has 1 spiro atoms. The molecule has 1 fully saturated rings. The molecular weight excluding hydrogens is 240 g/mol. The van der Waals surface area contributed by atoms with E-state index in [1.54, 1.807) is 0 Å². The van der Waals surface area contributed by atoms with Crippen LogP contribution in [-0.4, -0.2) is 23.6 Å². The average Bonchev–Trinajstić information content (AvgIpc) is 2.56. The van der Waals surface area contributed by atoms with Crippen molar-refractivity contribution in [2.75, 3.05) is 6.61 Å². The number of para-hydroxylation sites is 1. The summed E-state index contributed by atoms with van der Waals surface area (Å²) in [4.78, 5) is 0. The lowest BCUT2D eigenvalue weighted by atomic mass is 9.93. The van der Waals surface area contributed by atoms with Crippen LogP contribution in [0.4, 0.5) is 0 Å². The minimum atomic E-state index is -0.454. The van der Waals surface area contributed by atoms with Crippen molar-refractivity contribution >= 4 is 0 Å². The van der Waals surface area contributed by atoms with Crippen LogP contribution >= 0.6 is 0 Å². The van der Waals surface area contributed by atoms with Gasteiger partial charge in [0.05, 0.1) is 6.10 Å². The zero-order valence-corrected chi connectivity index (χ0v) is 11.3. The third kappa shape index (κ3) is 2.77. The van der Waals surface area contributed by atoms with Crippen molar-refractivity contribution < 1.29 is 14.6 Å². The Morgan fingerprint density at radius 3 is 2.74 bits per heavy atom. The Balaban J connectivity index is 1.90. The van der Waals surface area contributed by atoms with Crippen molar-refractivity contribution in [1.29, 1.82) is 0 Å². The summed E-state index contributed by atoms with van der Waals surface area (Å²) in [5.74, 6) is 0.509. The van der Waals surface area contributed by atoms with Crippen molar-refractivity contribution in [2.45, 2.75) is 56.8 Å². The second-order valence-corrected chi connectivity index (χ2v) is 5.64. The molecule has 1 heterocycles. The molecule has 19 heavy (non-hydrogen) atoms. The van der Waals surface area contributed by atoms with Crippen molar-refractivity contribution in [3.63, 3.8) is 0 Å². The lowest BCUT2D eigenvalue weighted by Crippen LogP contribution is -2.43. The average molecular weight is 262 g/mol. The Hall–Kier alpha value is -1.06. The van der Waals surface area contributed by atoms with E-state index >= 15 is 0 Å². The van der Waals surface area contributed by atoms with E-state index in [4.69, 9.17) is 9.47 Å². The Morgan fingerprint density at radius 2 is 1.95 bits per heavy atom. The normalized spacial score (nSPS) is 25.4. The molecule has 0 amide bonds. The molecule has 3 heteroatoms. The van der Waals surface area contributed by atoms with E-state index < -0.39 is 5.79 Å². The first-order valence-corrected chi connectivity index (χ1v) is 7.37. The molecule has 3 nitrogen and oxygen atoms in total. The Labute approximate surface area is 114 Å². The summed E-state index contributed by atoms with van der Waals surface area (Å²) in [5, 5.41) is 9.22. The van der Waals surface area contributed by atoms with Gasteiger partial charge in [-0.1, -0.05) is 24.6 Å². The van der Waals surface area contributed by atoms with Gasteiger partial charge in [-0.2, -0.15) is 0 Å². The molecule has 1 aliphatic heterocycles. The van der Waals surface area contributed by atoms with Crippen LogP contribution in [0.1, 0.15) is 44.1 Å². The lowest BCUT2D eigenvalue weighted by Gasteiger charge is -2.38. The van der Waals surface area contributed by atoms with Gasteiger partial charge in [-0.25, -0.2) is 0 Å². The van der Waals surface area contributed by atoms with Crippen LogP contribution < -0.4 is 4.74 Å². The number of hydrogen-bond donors (Lipinski definition) is 1. The van der Waals surface area contributed by atoms with Crippen molar-refractivity contribution in [1.82, 2.24) is 0 Å². The standard InChI is InChI=1S/C16H22O3/c17-11-8-14-12-13-6-2-3-7-15(13)19-16(18-14)9-4-1-5-10-16/h2-3,6-7,14,17H,1,4-5,8-12H2. The topological polar surface area (TPSA) is 38.7 Å². The second kappa shape index (κ2) is 5.51. The van der Waals surface area contributed by atoms with Crippen molar-refractivity contribution in [3.8, 4) is 5.75 Å². The number of ether oxygens (including phenoxy) is 2. The molecule has 1 unspecified atom stereocenters. The molecule has 0 saturated heterocycles. The highest BCUT2D eigenvalue weighted by Gasteiger charge is 2.40. The van der Waals surface area contributed by atoms with E-state index in [0.717, 1.165) is 37.9 Å². The molecule has 0 aromatic heterocycles. The zero-order valence-electron chi connectivity index (χ0n) is 11.3. The predicted molar refractivity (Wildman–Crippen MR) is 73.2 cm³/mol. The van der Waals surface area contributed by atoms with E-state index in [2.05, 4.69) is 6.07 Å². The van der Waals surface area contributed by atoms with Gasteiger partial charge in [0.2, 0.25) is 5.79 Å². The number of aliphatic hydroxyl groups excluding tert-OH is 1. The SMILES string of the molecule is OCCC1Cc2ccccc2OC2(CCCCC2)O1. The van der Waals surface area contributed by atoms with Gasteiger partial charge >= 0.3 is 0 Å². The second-order valence-electron chi connectivity index (χ2n) is 5.64. The number of aliphatic hydroxyl groups is 1. The Morgan fingerprint density at radius 1 is 1.16 bits per heavy atom. The van der Waals surface area contributed by atoms with Crippen molar-refractivity contribution in [2.24, 2.45) is 0 Å². The van der Waals surface area contributed by atoms with E-state index in [9.17, 15) is 5.11 Å². The van der Waals surface area contributed by atoms with Crippen LogP contribution in [0.2, 0.25) is 0 Å². The minimum absolute atomic E-state index is 0.0618. The van der Waals surface area contributed by atoms with Gasteiger partial charge in [0.25, 0.3) is 0 Å². The highest BCUT2D eigenvalue weighted by molar-refractivity contribution is 5.35. The quantitative estimate of drug-likeness (QED) is 0.890. The van der Waals surface area contributed by atoms with Crippen LogP contribution in [0, 0.1) is 0 Å². The molecule has 2 aliphatic rings. The molecule has 1 saturated carbocycles. The van der Waals surface area contributed by atoms with Crippen LogP contribution in [0.5, 0.6) is 5.75 Å². The highest BCUT2D eigenvalue weighted by atomic mass is 16.7. The molecule has 1 aliphatic carbocycles. The van der Waals surface area contributed by atoms with Gasteiger partial charge in [0.15, 0.2) is 0 Å². The molecule has 104 valence electrons. The van der Waals surface area contributed by atoms with E-state index in [1.807, 2.05) is 18.2 Å². The zero-order chi connectivity index (χ0) is 13.1. The summed E-state index contributed by atoms with van der Waals surface area (Å²) < 4.78 is 12.5. The fourth-order valence-electron chi connectivity index (χ4n) is 3.20. The monoisotopic (exact) mass is 262 g/mol. The summed E-state index contributed by atoms with van der Waals surface area (Å²) in [6.07, 6.45) is 7.08. The molecule has 0 radical (unpaired) electrons. The maximum Gasteiger partial charge on any atom is 0.210 e. The molecule has 1 N–H and O–H groups in total. The third-order valence-electron chi connectivity index (χ3n) is 4.16. The van der Waals surface area contributed by atoms with E-state index in [0.29, 0.717) is 6.42 Å². The van der Waals surface area contributed by atoms with Gasteiger partial charge < -0.3 is 14.6 Å². The summed E-state index contributed by atoms with van der Waals surface area (Å²) >= 11 is 0. The van der Waals surface area contributed by atoms with Crippen molar-refractivity contribution in [3.05, 3.63) is 29.8 Å². The first-order valence-electron chi connectivity index (χ1n) is 7.37. The molecule has 1 aromatic rings. The maximum absolute atomic E-state index is 9.22. The van der Waals surface area contributed by atoms with Gasteiger partial charge in [0, 0.05) is 25.9 Å². The predicted octanol–water partition coefficient (Wildman–Crippen LogP) is 3.05. The third-order valence-corrected chi connectivity index (χ3v) is 4.16. The molecule has 1 aromatic carbocycles. The van der Waals surface area contributed by atoms with Gasteiger partial charge in [-0.3, -0.25) is 0 Å². The summed E-state index contributed by atoms with van der Waals surface area (Å²) in [6.45, 7) is 0.170. The van der Waals surface area contributed by atoms with E-state index in [-0.39, 0.29) is 12.7 Å². The van der Waals surface area contributed by atoms with Gasteiger partial charge in [-0.15, -0.1) is 0 Å². The summed E-state index contributed by atoms with van der Waals surface area (Å²) in [7, 11) is 0. The maximum atomic E-state index is 9.22. The fourth-order valence-corrected chi connectivity index (χ4v) is 3.20. The summed E-state index contributed by atoms with van der Waals surface area (Å²) in [5.41, 5.74) is 1.20. The molecule has 1 atom stereocenters. The number of fused-ring (bicyclic) bond motifs is 1. The first-order chi connectivity index (χ1) is 9.31. The smallest absolute Gasteiger partial charge is 0.210 e. The van der Waals surface area contributed by atoms with Crippen LogP contribution in [0.15, 0.2) is 24.3 Å². The molecule has 3 rings (SSSR count). The van der Waals surface area contributed by atoms with Gasteiger partial charge in [-0.05, 0) is 30.9 Å². The van der Waals surface area contributed by atoms with E-state index in [1.165, 1.54) is 12.0 Å². The number of hydrogen-bond acceptors (Lipinski definition) is 3. The highest BCUT2D eigenvalue weighted by Crippen LogP contribution is 2.39. The lowest BCUT2D eigenvalue weighted by molar-refractivity contribution is -0.223. The number of benzene rings is 1. The molecule has 0 bridgehead atoms. The Bertz CT molecular complexity index is 424. The van der Waals surface area contributed by atoms with Crippen LogP contribution in [-0.2, 0) is 11.2 Å². The van der Waals surface area contributed by atoms with Crippen LogP contribution in [0.25, 0.3) is 0 Å². The number of rotatable bonds is 2. The van der Waals surface area contributed by atoms with Crippen LogP contribution in [0.3, 0.4) is 0 Å². The van der Waals surface area contributed by atoms with Gasteiger partial charge in [0.1, 0.15) is 5.75 Å². The Kier molecular flexibility index (Phi) is 3.76. The minimum Gasteiger partial charge on any atom is -0.462 e.